The Kier molecular flexibility index (Phi) is 5.44. The number of epoxide rings is 1. The molecule has 1 saturated heterocycles. The van der Waals surface area contributed by atoms with Crippen molar-refractivity contribution in [1.82, 2.24) is 0 Å². The maximum absolute atomic E-state index is 12.9. The van der Waals surface area contributed by atoms with Gasteiger partial charge in [-0.2, -0.15) is 0 Å². The van der Waals surface area contributed by atoms with Crippen molar-refractivity contribution in [3.8, 4) is 0 Å². The minimum atomic E-state index is -0.548. The number of ketones is 1. The molecule has 4 heteroatoms. The summed E-state index contributed by atoms with van der Waals surface area (Å²) in [6.45, 7) is 18.0. The van der Waals surface area contributed by atoms with E-state index in [4.69, 9.17) is 4.74 Å². The van der Waals surface area contributed by atoms with Crippen LogP contribution in [0.15, 0.2) is 11.6 Å². The van der Waals surface area contributed by atoms with Crippen LogP contribution in [0.25, 0.3) is 0 Å². The van der Waals surface area contributed by atoms with Gasteiger partial charge in [-0.3, -0.25) is 4.79 Å². The van der Waals surface area contributed by atoms with E-state index in [9.17, 15) is 15.0 Å². The number of allylic oxidation sites excluding steroid dienone is 2. The molecule has 0 aromatic carbocycles. The molecule has 34 heavy (non-hydrogen) atoms. The SMILES string of the molecule is CC(CC(O)C1OC1(C)C)C1CCC2(C)C3=CCC4C(C)(C)C(=O)CC(O)C4(C)C3CCC12C. The fourth-order valence-electron chi connectivity index (χ4n) is 9.94. The van der Waals surface area contributed by atoms with Crippen molar-refractivity contribution in [3.05, 3.63) is 11.6 Å². The van der Waals surface area contributed by atoms with E-state index in [1.165, 1.54) is 12.8 Å². The van der Waals surface area contributed by atoms with Crippen LogP contribution in [0.4, 0.5) is 0 Å². The summed E-state index contributed by atoms with van der Waals surface area (Å²) < 4.78 is 5.74. The summed E-state index contributed by atoms with van der Waals surface area (Å²) in [4.78, 5) is 12.9. The summed E-state index contributed by atoms with van der Waals surface area (Å²) in [5.41, 5.74) is 1.10. The molecule has 4 fully saturated rings. The number of aliphatic hydroxyl groups excluding tert-OH is 2. The summed E-state index contributed by atoms with van der Waals surface area (Å²) in [6, 6.07) is 0. The first-order chi connectivity index (χ1) is 15.6. The maximum atomic E-state index is 12.9. The van der Waals surface area contributed by atoms with Gasteiger partial charge >= 0.3 is 0 Å². The van der Waals surface area contributed by atoms with Crippen molar-refractivity contribution < 1.29 is 19.7 Å². The van der Waals surface area contributed by atoms with E-state index in [2.05, 4.69) is 61.5 Å². The molecule has 4 aliphatic carbocycles. The Labute approximate surface area is 206 Å². The lowest BCUT2D eigenvalue weighted by Crippen LogP contribution is -2.62. The molecule has 192 valence electrons. The molecule has 4 nitrogen and oxygen atoms in total. The molecule has 5 rings (SSSR count). The van der Waals surface area contributed by atoms with Gasteiger partial charge in [0.2, 0.25) is 0 Å². The number of ether oxygens (including phenoxy) is 1. The standard InChI is InChI=1S/C30H48O4/c1-17(15-21(31)25-27(4,5)34-25)18-11-13-29(7)19-9-10-22-26(2,3)23(32)16-24(33)30(22,8)20(19)12-14-28(18,29)6/h9,17-18,20-22,24-25,31,33H,10-16H2,1-8H3. The second kappa shape index (κ2) is 7.42. The van der Waals surface area contributed by atoms with Crippen LogP contribution >= 0.6 is 0 Å². The molecule has 0 aromatic rings. The first kappa shape index (κ1) is 25.0. The van der Waals surface area contributed by atoms with Crippen LogP contribution in [0.2, 0.25) is 0 Å². The summed E-state index contributed by atoms with van der Waals surface area (Å²) in [5.74, 6) is 1.80. The number of hydrogen-bond donors (Lipinski definition) is 2. The molecular formula is C30H48O4. The van der Waals surface area contributed by atoms with Gasteiger partial charge < -0.3 is 14.9 Å². The van der Waals surface area contributed by atoms with Gasteiger partial charge in [0, 0.05) is 17.3 Å². The zero-order valence-corrected chi connectivity index (χ0v) is 22.8. The topological polar surface area (TPSA) is 70.1 Å². The summed E-state index contributed by atoms with van der Waals surface area (Å²) >= 11 is 0. The Bertz CT molecular complexity index is 903. The van der Waals surface area contributed by atoms with Crippen molar-refractivity contribution in [2.45, 2.75) is 124 Å². The zero-order chi connectivity index (χ0) is 25.1. The first-order valence-corrected chi connectivity index (χ1v) is 13.9. The Morgan fingerprint density at radius 2 is 1.74 bits per heavy atom. The lowest BCUT2D eigenvalue weighted by molar-refractivity contribution is -0.168. The summed E-state index contributed by atoms with van der Waals surface area (Å²) in [7, 11) is 0. The van der Waals surface area contributed by atoms with Crippen LogP contribution in [-0.2, 0) is 9.53 Å². The third kappa shape index (κ3) is 3.10. The number of rotatable bonds is 4. The van der Waals surface area contributed by atoms with Gasteiger partial charge in [0.15, 0.2) is 0 Å². The van der Waals surface area contributed by atoms with E-state index < -0.39 is 6.10 Å². The van der Waals surface area contributed by atoms with Crippen molar-refractivity contribution in [3.63, 3.8) is 0 Å². The average molecular weight is 473 g/mol. The predicted molar refractivity (Wildman–Crippen MR) is 134 cm³/mol. The normalized spacial score (nSPS) is 50.5. The number of Topliss-reactive ketones (excluding diaryl/α,β-unsaturated/α-hetero) is 1. The van der Waals surface area contributed by atoms with Crippen molar-refractivity contribution in [1.29, 1.82) is 0 Å². The summed E-state index contributed by atoms with van der Waals surface area (Å²) in [6.07, 6.45) is 8.19. The third-order valence-electron chi connectivity index (χ3n) is 12.5. The van der Waals surface area contributed by atoms with Gasteiger partial charge in [-0.1, -0.05) is 53.2 Å². The van der Waals surface area contributed by atoms with Gasteiger partial charge in [0.05, 0.1) is 17.8 Å². The fraction of sp³-hybridized carbons (Fsp3) is 0.900. The second-order valence-corrected chi connectivity index (χ2v) is 14.6. The largest absolute Gasteiger partial charge is 0.392 e. The molecule has 3 saturated carbocycles. The number of hydrogen-bond acceptors (Lipinski definition) is 4. The minimum absolute atomic E-state index is 0.0249. The molecule has 0 bridgehead atoms. The van der Waals surface area contributed by atoms with Crippen molar-refractivity contribution in [2.75, 3.05) is 0 Å². The molecule has 0 amide bonds. The Balaban J connectivity index is 1.43. The third-order valence-corrected chi connectivity index (χ3v) is 12.5. The molecule has 0 aromatic heterocycles. The fourth-order valence-corrected chi connectivity index (χ4v) is 9.94. The molecular weight excluding hydrogens is 424 g/mol. The van der Waals surface area contributed by atoms with Gasteiger partial charge in [0.1, 0.15) is 11.9 Å². The molecule has 0 radical (unpaired) electrons. The molecule has 1 aliphatic heterocycles. The first-order valence-electron chi connectivity index (χ1n) is 13.9. The molecule has 1 heterocycles. The van der Waals surface area contributed by atoms with Crippen LogP contribution in [0.1, 0.15) is 100 Å². The van der Waals surface area contributed by atoms with Gasteiger partial charge in [-0.15, -0.1) is 0 Å². The average Bonchev–Trinajstić information content (AvgIpc) is 3.28. The van der Waals surface area contributed by atoms with E-state index in [0.717, 1.165) is 25.7 Å². The number of carbonyl (C=O) groups is 1. The van der Waals surface area contributed by atoms with Crippen LogP contribution in [0.3, 0.4) is 0 Å². The lowest BCUT2D eigenvalue weighted by atomic mass is 9.40. The van der Waals surface area contributed by atoms with Crippen LogP contribution < -0.4 is 0 Å². The van der Waals surface area contributed by atoms with E-state index in [1.54, 1.807) is 5.57 Å². The van der Waals surface area contributed by atoms with E-state index in [-0.39, 0.29) is 51.2 Å². The molecule has 10 unspecified atom stereocenters. The lowest BCUT2D eigenvalue weighted by Gasteiger charge is -2.64. The van der Waals surface area contributed by atoms with Crippen LogP contribution in [0.5, 0.6) is 0 Å². The molecule has 5 aliphatic rings. The highest BCUT2D eigenvalue weighted by atomic mass is 16.6. The summed E-state index contributed by atoms with van der Waals surface area (Å²) in [5, 5.41) is 22.2. The zero-order valence-electron chi connectivity index (χ0n) is 22.8. The van der Waals surface area contributed by atoms with E-state index >= 15 is 0 Å². The van der Waals surface area contributed by atoms with Crippen LogP contribution in [0, 0.1) is 45.3 Å². The van der Waals surface area contributed by atoms with E-state index in [0.29, 0.717) is 24.2 Å². The van der Waals surface area contributed by atoms with Gasteiger partial charge in [-0.05, 0) is 86.9 Å². The Morgan fingerprint density at radius 1 is 1.09 bits per heavy atom. The van der Waals surface area contributed by atoms with Crippen molar-refractivity contribution in [2.24, 2.45) is 45.3 Å². The van der Waals surface area contributed by atoms with Gasteiger partial charge in [0.25, 0.3) is 0 Å². The van der Waals surface area contributed by atoms with Crippen LogP contribution in [-0.4, -0.2) is 39.9 Å². The minimum Gasteiger partial charge on any atom is -0.392 e. The van der Waals surface area contributed by atoms with Crippen molar-refractivity contribution >= 4 is 5.78 Å². The monoisotopic (exact) mass is 472 g/mol. The number of carbonyl (C=O) groups excluding carboxylic acids is 1. The molecule has 0 spiro atoms. The highest BCUT2D eigenvalue weighted by Gasteiger charge is 2.67. The highest BCUT2D eigenvalue weighted by molar-refractivity contribution is 5.86. The number of fused-ring (bicyclic) bond motifs is 5. The van der Waals surface area contributed by atoms with Gasteiger partial charge in [-0.25, -0.2) is 0 Å². The quantitative estimate of drug-likeness (QED) is 0.407. The Morgan fingerprint density at radius 3 is 2.35 bits per heavy atom. The number of aliphatic hydroxyl groups is 2. The van der Waals surface area contributed by atoms with E-state index in [1.807, 2.05) is 0 Å². The second-order valence-electron chi connectivity index (χ2n) is 14.6. The predicted octanol–water partition coefficient (Wildman–Crippen LogP) is 5.70. The maximum Gasteiger partial charge on any atom is 0.141 e. The smallest absolute Gasteiger partial charge is 0.141 e. The molecule has 10 atom stereocenters. The molecule has 2 N–H and O–H groups in total. The highest BCUT2D eigenvalue weighted by Crippen LogP contribution is 2.73. The Hall–Kier alpha value is -0.710.